The van der Waals surface area contributed by atoms with Gasteiger partial charge in [0, 0.05) is 5.56 Å². The van der Waals surface area contributed by atoms with Gasteiger partial charge in [-0.3, -0.25) is 4.79 Å². The van der Waals surface area contributed by atoms with Crippen LogP contribution in [0.25, 0.3) is 11.4 Å². The minimum Gasteiger partial charge on any atom is -0.480 e. The lowest BCUT2D eigenvalue weighted by atomic mass is 10.2. The molecule has 2 atom stereocenters. The summed E-state index contributed by atoms with van der Waals surface area (Å²) in [6, 6.07) is 7.49. The van der Waals surface area contributed by atoms with Crippen molar-refractivity contribution in [3.8, 4) is 11.4 Å². The number of nitrogens with zero attached hydrogens (tertiary/aromatic N) is 4. The highest BCUT2D eigenvalue weighted by Crippen LogP contribution is 2.13. The van der Waals surface area contributed by atoms with Gasteiger partial charge in [-0.2, -0.15) is 4.80 Å². The molecular formula is C16H19N5O3. The fourth-order valence-electron chi connectivity index (χ4n) is 1.98. The minimum atomic E-state index is -1.09. The monoisotopic (exact) mass is 329 g/mol. The van der Waals surface area contributed by atoms with Crippen molar-refractivity contribution in [1.29, 1.82) is 0 Å². The van der Waals surface area contributed by atoms with E-state index in [9.17, 15) is 9.59 Å². The van der Waals surface area contributed by atoms with Crippen LogP contribution >= 0.6 is 0 Å². The molecule has 1 aromatic carbocycles. The Labute approximate surface area is 139 Å². The van der Waals surface area contributed by atoms with Crippen LogP contribution in [0.15, 0.2) is 42.5 Å². The number of amides is 1. The first kappa shape index (κ1) is 17.3. The summed E-state index contributed by atoms with van der Waals surface area (Å²) >= 11 is 0. The summed E-state index contributed by atoms with van der Waals surface area (Å²) in [6.07, 6.45) is 3.63. The molecule has 0 saturated carbocycles. The zero-order valence-electron chi connectivity index (χ0n) is 13.5. The maximum absolute atomic E-state index is 12.2. The highest BCUT2D eigenvalue weighted by Gasteiger charge is 2.24. The van der Waals surface area contributed by atoms with Crippen LogP contribution in [0.4, 0.5) is 0 Å². The van der Waals surface area contributed by atoms with Crippen LogP contribution in [0.2, 0.25) is 0 Å². The second-order valence-corrected chi connectivity index (χ2v) is 5.18. The highest BCUT2D eigenvalue weighted by molar-refractivity contribution is 5.85. The standard InChI is InChI=1S/C16H19N5O3/c1-3-4-10-13(16(23)24)17-15(22)11(2)21-19-14(18-20-21)12-8-6-5-7-9-12/h3-9,11,13H,10H2,1-2H3,(H,17,22)(H,23,24)/b4-3+. The summed E-state index contributed by atoms with van der Waals surface area (Å²) < 4.78 is 0. The minimum absolute atomic E-state index is 0.213. The van der Waals surface area contributed by atoms with E-state index in [0.29, 0.717) is 5.82 Å². The first-order valence-corrected chi connectivity index (χ1v) is 7.52. The van der Waals surface area contributed by atoms with Crippen LogP contribution in [-0.4, -0.2) is 43.2 Å². The van der Waals surface area contributed by atoms with E-state index in [-0.39, 0.29) is 6.42 Å². The van der Waals surface area contributed by atoms with Gasteiger partial charge in [0.1, 0.15) is 12.1 Å². The molecule has 24 heavy (non-hydrogen) atoms. The van der Waals surface area contributed by atoms with E-state index in [1.54, 1.807) is 26.0 Å². The molecule has 2 rings (SSSR count). The molecule has 1 aromatic heterocycles. The first-order valence-electron chi connectivity index (χ1n) is 7.52. The molecule has 0 fully saturated rings. The van der Waals surface area contributed by atoms with Gasteiger partial charge in [0.2, 0.25) is 11.7 Å². The molecule has 8 heteroatoms. The van der Waals surface area contributed by atoms with Gasteiger partial charge in [0.05, 0.1) is 0 Å². The largest absolute Gasteiger partial charge is 0.480 e. The van der Waals surface area contributed by atoms with E-state index < -0.39 is 24.0 Å². The Morgan fingerprint density at radius 1 is 1.33 bits per heavy atom. The molecule has 0 aliphatic rings. The number of nitrogens with one attached hydrogen (secondary N) is 1. The van der Waals surface area contributed by atoms with Gasteiger partial charge in [0.25, 0.3) is 0 Å². The van der Waals surface area contributed by atoms with E-state index in [4.69, 9.17) is 5.11 Å². The van der Waals surface area contributed by atoms with Crippen molar-refractivity contribution >= 4 is 11.9 Å². The van der Waals surface area contributed by atoms with Crippen molar-refractivity contribution < 1.29 is 14.7 Å². The number of rotatable bonds is 7. The van der Waals surface area contributed by atoms with Crippen LogP contribution in [0.3, 0.4) is 0 Å². The number of tetrazole rings is 1. The van der Waals surface area contributed by atoms with Crippen LogP contribution in [0.5, 0.6) is 0 Å². The summed E-state index contributed by atoms with van der Waals surface area (Å²) in [5.41, 5.74) is 0.785. The molecule has 2 N–H and O–H groups in total. The number of hydrogen-bond donors (Lipinski definition) is 2. The quantitative estimate of drug-likeness (QED) is 0.744. The average Bonchev–Trinajstić information content (AvgIpc) is 3.08. The maximum Gasteiger partial charge on any atom is 0.326 e. The highest BCUT2D eigenvalue weighted by atomic mass is 16.4. The molecule has 126 valence electrons. The summed E-state index contributed by atoms with van der Waals surface area (Å²) in [5, 5.41) is 23.6. The molecule has 2 unspecified atom stereocenters. The summed E-state index contributed by atoms with van der Waals surface area (Å²) in [6.45, 7) is 3.37. The molecule has 1 heterocycles. The Morgan fingerprint density at radius 3 is 2.67 bits per heavy atom. The normalized spacial score (nSPS) is 13.6. The van der Waals surface area contributed by atoms with Crippen molar-refractivity contribution in [3.63, 3.8) is 0 Å². The second-order valence-electron chi connectivity index (χ2n) is 5.18. The number of aromatic nitrogens is 4. The Balaban J connectivity index is 2.08. The van der Waals surface area contributed by atoms with Crippen LogP contribution in [0, 0.1) is 0 Å². The van der Waals surface area contributed by atoms with Crippen molar-refractivity contribution in [3.05, 3.63) is 42.5 Å². The molecule has 0 spiro atoms. The van der Waals surface area contributed by atoms with Crippen molar-refractivity contribution in [2.24, 2.45) is 0 Å². The third-order valence-electron chi connectivity index (χ3n) is 3.41. The predicted octanol–water partition coefficient (Wildman–Crippen LogP) is 1.44. The molecule has 8 nitrogen and oxygen atoms in total. The third-order valence-corrected chi connectivity index (χ3v) is 3.41. The SMILES string of the molecule is C/C=C/CC(NC(=O)C(C)n1nnc(-c2ccccc2)n1)C(=O)O. The summed E-state index contributed by atoms with van der Waals surface area (Å²) in [7, 11) is 0. The smallest absolute Gasteiger partial charge is 0.326 e. The van der Waals surface area contributed by atoms with Gasteiger partial charge in [-0.25, -0.2) is 4.79 Å². The number of allylic oxidation sites excluding steroid dienone is 1. The maximum atomic E-state index is 12.2. The molecule has 0 radical (unpaired) electrons. The molecular weight excluding hydrogens is 310 g/mol. The van der Waals surface area contributed by atoms with E-state index in [0.717, 1.165) is 5.56 Å². The van der Waals surface area contributed by atoms with E-state index >= 15 is 0 Å². The van der Waals surface area contributed by atoms with Gasteiger partial charge >= 0.3 is 5.97 Å². The lowest BCUT2D eigenvalue weighted by Gasteiger charge is -2.15. The Morgan fingerprint density at radius 2 is 2.04 bits per heavy atom. The van der Waals surface area contributed by atoms with Crippen LogP contribution in [0.1, 0.15) is 26.3 Å². The van der Waals surface area contributed by atoms with Crippen molar-refractivity contribution in [2.45, 2.75) is 32.4 Å². The summed E-state index contributed by atoms with van der Waals surface area (Å²) in [5.74, 6) is -1.17. The van der Waals surface area contributed by atoms with Gasteiger partial charge in [-0.05, 0) is 25.5 Å². The Bertz CT molecular complexity index is 726. The van der Waals surface area contributed by atoms with Gasteiger partial charge in [-0.1, -0.05) is 42.5 Å². The molecule has 2 aromatic rings. The Kier molecular flexibility index (Phi) is 5.78. The molecule has 0 bridgehead atoms. The number of carboxylic acid groups (broad SMARTS) is 1. The lowest BCUT2D eigenvalue weighted by Crippen LogP contribution is -2.43. The molecule has 0 saturated heterocycles. The zero-order chi connectivity index (χ0) is 17.5. The van der Waals surface area contributed by atoms with Gasteiger partial charge < -0.3 is 10.4 Å². The predicted molar refractivity (Wildman–Crippen MR) is 87.0 cm³/mol. The van der Waals surface area contributed by atoms with E-state index in [2.05, 4.69) is 20.7 Å². The molecule has 1 amide bonds. The van der Waals surface area contributed by atoms with Gasteiger partial charge in [0.15, 0.2) is 0 Å². The van der Waals surface area contributed by atoms with Crippen LogP contribution < -0.4 is 5.32 Å². The molecule has 0 aliphatic carbocycles. The number of hydrogen-bond acceptors (Lipinski definition) is 5. The summed E-state index contributed by atoms with van der Waals surface area (Å²) in [4.78, 5) is 24.6. The lowest BCUT2D eigenvalue weighted by molar-refractivity contribution is -0.142. The fraction of sp³-hybridized carbons (Fsp3) is 0.312. The topological polar surface area (TPSA) is 110 Å². The number of carbonyl (C=O) groups is 2. The number of carboxylic acids is 1. The van der Waals surface area contributed by atoms with Crippen LogP contribution in [-0.2, 0) is 9.59 Å². The number of carbonyl (C=O) groups excluding carboxylic acids is 1. The van der Waals surface area contributed by atoms with E-state index in [1.165, 1.54) is 4.80 Å². The zero-order valence-corrected chi connectivity index (χ0v) is 13.5. The van der Waals surface area contributed by atoms with Crippen molar-refractivity contribution in [2.75, 3.05) is 0 Å². The third kappa shape index (κ3) is 4.25. The Hall–Kier alpha value is -3.03. The van der Waals surface area contributed by atoms with Gasteiger partial charge in [-0.15, -0.1) is 10.2 Å². The fourth-order valence-corrected chi connectivity index (χ4v) is 1.98. The first-order chi connectivity index (χ1) is 11.5. The second kappa shape index (κ2) is 8.00. The van der Waals surface area contributed by atoms with E-state index in [1.807, 2.05) is 30.3 Å². The van der Waals surface area contributed by atoms with Crippen molar-refractivity contribution in [1.82, 2.24) is 25.5 Å². The number of aliphatic carboxylic acids is 1. The average molecular weight is 329 g/mol. The molecule has 0 aliphatic heterocycles. The number of benzene rings is 1.